The molecule has 0 radical (unpaired) electrons. The molecule has 1 N–H and O–H groups in total. The second-order valence-corrected chi connectivity index (χ2v) is 12.3. The quantitative estimate of drug-likeness (QED) is 0.603. The summed E-state index contributed by atoms with van der Waals surface area (Å²) in [6.07, 6.45) is 1.21. The Balaban J connectivity index is 2.07. The molecule has 2 aromatic carbocycles. The van der Waals surface area contributed by atoms with E-state index in [2.05, 4.69) is 26.1 Å². The first-order chi connectivity index (χ1) is 13.9. The van der Waals surface area contributed by atoms with Gasteiger partial charge in [-0.05, 0) is 54.8 Å². The van der Waals surface area contributed by atoms with E-state index in [9.17, 15) is 13.2 Å². The van der Waals surface area contributed by atoms with Crippen LogP contribution in [0.15, 0.2) is 42.5 Å². The van der Waals surface area contributed by atoms with Gasteiger partial charge >= 0.3 is 0 Å². The Kier molecular flexibility index (Phi) is 7.99. The maximum absolute atomic E-state index is 12.4. The van der Waals surface area contributed by atoms with Crippen LogP contribution in [0.1, 0.15) is 47.8 Å². The molecule has 0 fully saturated rings. The number of anilines is 1. The van der Waals surface area contributed by atoms with Crippen LogP contribution in [-0.4, -0.2) is 37.6 Å². The number of sulfonamides is 1. The molecule has 0 aromatic heterocycles. The number of aryl methyl sites for hydroxylation is 2. The molecule has 1 amide bonds. The largest absolute Gasteiger partial charge is 0.351 e. The lowest BCUT2D eigenvalue weighted by Gasteiger charge is -2.23. The normalized spacial score (nSPS) is 11.9. The van der Waals surface area contributed by atoms with Gasteiger partial charge in [0.15, 0.2) is 0 Å². The van der Waals surface area contributed by atoms with E-state index in [1.54, 1.807) is 36.0 Å². The van der Waals surface area contributed by atoms with Crippen LogP contribution in [0.5, 0.6) is 0 Å². The third-order valence-electron chi connectivity index (χ3n) is 4.64. The fourth-order valence-corrected chi connectivity index (χ4v) is 4.53. The number of carbonyl (C=O) groups excluding carboxylic acids is 1. The minimum absolute atomic E-state index is 0.120. The van der Waals surface area contributed by atoms with Crippen molar-refractivity contribution in [1.82, 2.24) is 5.32 Å². The molecule has 0 unspecified atom stereocenters. The summed E-state index contributed by atoms with van der Waals surface area (Å²) < 4.78 is 26.3. The highest BCUT2D eigenvalue weighted by Gasteiger charge is 2.19. The number of thioether (sulfide) groups is 1. The van der Waals surface area contributed by atoms with Gasteiger partial charge in [-0.3, -0.25) is 9.10 Å². The average molecular weight is 449 g/mol. The Morgan fingerprint density at radius 1 is 1.03 bits per heavy atom. The number of hydrogen-bond donors (Lipinski definition) is 1. The Morgan fingerprint density at radius 2 is 1.67 bits per heavy atom. The lowest BCUT2D eigenvalue weighted by Crippen LogP contribution is -2.29. The van der Waals surface area contributed by atoms with Crippen LogP contribution < -0.4 is 9.62 Å². The zero-order chi connectivity index (χ0) is 22.5. The highest BCUT2D eigenvalue weighted by atomic mass is 32.2. The van der Waals surface area contributed by atoms with Crippen LogP contribution in [0.3, 0.4) is 0 Å². The molecule has 5 nitrogen and oxygen atoms in total. The molecular formula is C23H32N2O3S2. The van der Waals surface area contributed by atoms with Gasteiger partial charge in [-0.25, -0.2) is 8.42 Å². The zero-order valence-electron chi connectivity index (χ0n) is 18.7. The Hall–Kier alpha value is -1.99. The highest BCUT2D eigenvalue weighted by Crippen LogP contribution is 2.24. The summed E-state index contributed by atoms with van der Waals surface area (Å²) in [6, 6.07) is 12.7. The van der Waals surface area contributed by atoms with E-state index in [-0.39, 0.29) is 17.2 Å². The minimum atomic E-state index is -3.45. The van der Waals surface area contributed by atoms with Gasteiger partial charge in [-0.15, -0.1) is 0 Å². The highest BCUT2D eigenvalue weighted by molar-refractivity contribution is 8.00. The van der Waals surface area contributed by atoms with Gasteiger partial charge < -0.3 is 5.32 Å². The average Bonchev–Trinajstić information content (AvgIpc) is 2.64. The Bertz CT molecular complexity index is 978. The lowest BCUT2D eigenvalue weighted by atomic mass is 10.1. The maximum atomic E-state index is 12.4. The zero-order valence-corrected chi connectivity index (χ0v) is 20.3. The van der Waals surface area contributed by atoms with Crippen molar-refractivity contribution in [3.05, 3.63) is 64.7 Å². The summed E-state index contributed by atoms with van der Waals surface area (Å²) in [7, 11) is -3.45. The van der Waals surface area contributed by atoms with Crippen LogP contribution in [0, 0.1) is 13.8 Å². The van der Waals surface area contributed by atoms with Crippen molar-refractivity contribution >= 4 is 33.4 Å². The van der Waals surface area contributed by atoms with Gasteiger partial charge in [0.25, 0.3) is 5.91 Å². The molecule has 0 aliphatic rings. The Labute approximate surface area is 185 Å². The van der Waals surface area contributed by atoms with Gasteiger partial charge in [-0.2, -0.15) is 11.8 Å². The first-order valence-corrected chi connectivity index (χ1v) is 12.8. The third kappa shape index (κ3) is 7.36. The number of amides is 1. The van der Waals surface area contributed by atoms with E-state index in [0.717, 1.165) is 22.4 Å². The summed E-state index contributed by atoms with van der Waals surface area (Å²) in [5.41, 5.74) is 4.18. The second kappa shape index (κ2) is 9.88. The van der Waals surface area contributed by atoms with Gasteiger partial charge in [0, 0.05) is 22.6 Å². The van der Waals surface area contributed by atoms with E-state index < -0.39 is 10.0 Å². The monoisotopic (exact) mass is 448 g/mol. The fraction of sp³-hybridized carbons (Fsp3) is 0.435. The van der Waals surface area contributed by atoms with E-state index in [1.165, 1.54) is 10.6 Å². The standard InChI is InChI=1S/C23H32N2O3S2/c1-17-7-12-21(15-18(17)2)25(30(6,27)28)16-19-8-10-20(11-9-19)22(26)24-13-14-29-23(3,4)5/h7-12,15H,13-14,16H2,1-6H3,(H,24,26). The molecule has 2 rings (SSSR count). The first-order valence-electron chi connectivity index (χ1n) is 9.93. The predicted molar refractivity (Wildman–Crippen MR) is 128 cm³/mol. The van der Waals surface area contributed by atoms with E-state index in [4.69, 9.17) is 0 Å². The number of carbonyl (C=O) groups is 1. The molecule has 30 heavy (non-hydrogen) atoms. The molecule has 0 saturated carbocycles. The number of nitrogens with zero attached hydrogens (tertiary/aromatic N) is 1. The van der Waals surface area contributed by atoms with Crippen molar-refractivity contribution < 1.29 is 13.2 Å². The molecule has 0 spiro atoms. The van der Waals surface area contributed by atoms with Crippen LogP contribution in [-0.2, 0) is 16.6 Å². The molecule has 0 aliphatic heterocycles. The SMILES string of the molecule is Cc1ccc(N(Cc2ccc(C(=O)NCCSC(C)(C)C)cc2)S(C)(=O)=O)cc1C. The van der Waals surface area contributed by atoms with Crippen molar-refractivity contribution in [2.75, 3.05) is 22.9 Å². The number of hydrogen-bond acceptors (Lipinski definition) is 4. The topological polar surface area (TPSA) is 66.5 Å². The number of benzene rings is 2. The molecule has 164 valence electrons. The van der Waals surface area contributed by atoms with E-state index in [0.29, 0.717) is 17.8 Å². The number of nitrogens with one attached hydrogen (secondary N) is 1. The van der Waals surface area contributed by atoms with Crippen molar-refractivity contribution in [3.8, 4) is 0 Å². The van der Waals surface area contributed by atoms with Gasteiger partial charge in [0.05, 0.1) is 18.5 Å². The minimum Gasteiger partial charge on any atom is -0.351 e. The van der Waals surface area contributed by atoms with Crippen molar-refractivity contribution in [2.24, 2.45) is 0 Å². The summed E-state index contributed by atoms with van der Waals surface area (Å²) in [4.78, 5) is 12.3. The lowest BCUT2D eigenvalue weighted by molar-refractivity contribution is 0.0956. The van der Waals surface area contributed by atoms with Crippen molar-refractivity contribution in [2.45, 2.75) is 45.9 Å². The molecule has 7 heteroatoms. The fourth-order valence-electron chi connectivity index (χ4n) is 2.83. The van der Waals surface area contributed by atoms with E-state index >= 15 is 0 Å². The summed E-state index contributed by atoms with van der Waals surface area (Å²) in [5.74, 6) is 0.734. The first kappa shape index (κ1) is 24.3. The van der Waals surface area contributed by atoms with E-state index in [1.807, 2.05) is 32.0 Å². The van der Waals surface area contributed by atoms with Gasteiger partial charge in [0.2, 0.25) is 10.0 Å². The summed E-state index contributed by atoms with van der Waals surface area (Å²) in [5, 5.41) is 2.93. The van der Waals surface area contributed by atoms with Crippen LogP contribution >= 0.6 is 11.8 Å². The smallest absolute Gasteiger partial charge is 0.251 e. The molecule has 0 heterocycles. The molecular weight excluding hydrogens is 416 g/mol. The number of rotatable bonds is 8. The van der Waals surface area contributed by atoms with Crippen LogP contribution in [0.4, 0.5) is 5.69 Å². The van der Waals surface area contributed by atoms with Crippen LogP contribution in [0.25, 0.3) is 0 Å². The van der Waals surface area contributed by atoms with Crippen molar-refractivity contribution in [1.29, 1.82) is 0 Å². The maximum Gasteiger partial charge on any atom is 0.251 e. The summed E-state index contributed by atoms with van der Waals surface area (Å²) >= 11 is 1.80. The molecule has 0 saturated heterocycles. The van der Waals surface area contributed by atoms with Crippen molar-refractivity contribution in [3.63, 3.8) is 0 Å². The molecule has 2 aromatic rings. The second-order valence-electron chi connectivity index (χ2n) is 8.45. The van der Waals surface area contributed by atoms with Gasteiger partial charge in [0.1, 0.15) is 0 Å². The molecule has 0 bridgehead atoms. The van der Waals surface area contributed by atoms with Crippen LogP contribution in [0.2, 0.25) is 0 Å². The van der Waals surface area contributed by atoms with Gasteiger partial charge in [-0.1, -0.05) is 39.0 Å². The third-order valence-corrected chi connectivity index (χ3v) is 7.06. The summed E-state index contributed by atoms with van der Waals surface area (Å²) in [6.45, 7) is 11.2. The predicted octanol–water partition coefficient (Wildman–Crippen LogP) is 4.53. The Morgan fingerprint density at radius 3 is 2.20 bits per heavy atom. The molecule has 0 aliphatic carbocycles. The molecule has 0 atom stereocenters.